The number of phenols is 4. The number of likely N-dealkylation sites (N-methyl/N-ethyl adjacent to an activating group) is 1. The van der Waals surface area contributed by atoms with Crippen molar-refractivity contribution in [2.45, 2.75) is 88.6 Å². The minimum Gasteiger partial charge on any atom is -0.508 e. The number of aromatic hydroxyl groups is 4. The Morgan fingerprint density at radius 3 is 2.68 bits per heavy atom. The number of Topliss-reactive ketones (excluding diaryl/α,β-unsaturated/α-hetero) is 1. The molecule has 0 saturated heterocycles. The van der Waals surface area contributed by atoms with Crippen LogP contribution in [0.3, 0.4) is 0 Å². The highest BCUT2D eigenvalue weighted by molar-refractivity contribution is 6.01. The zero-order valence-electron chi connectivity index (χ0n) is 41.0. The van der Waals surface area contributed by atoms with Crippen molar-refractivity contribution in [2.24, 2.45) is 29.1 Å². The second-order valence-corrected chi connectivity index (χ2v) is 21.0. The maximum absolute atomic E-state index is 16.4. The van der Waals surface area contributed by atoms with E-state index in [1.54, 1.807) is 36.4 Å². The number of aryl methyl sites for hydroxylation is 1. The van der Waals surface area contributed by atoms with E-state index < -0.39 is 28.8 Å². The molecule has 1 aromatic heterocycles. The van der Waals surface area contributed by atoms with E-state index in [0.29, 0.717) is 62.6 Å². The summed E-state index contributed by atoms with van der Waals surface area (Å²) >= 11 is 0. The number of ether oxygens (including phenoxy) is 2. The van der Waals surface area contributed by atoms with E-state index in [1.165, 1.54) is 7.11 Å². The van der Waals surface area contributed by atoms with Gasteiger partial charge >= 0.3 is 0 Å². The zero-order valence-corrected chi connectivity index (χ0v) is 41.0. The average molecular weight is 961 g/mol. The maximum Gasteiger partial charge on any atom is 0.200 e. The van der Waals surface area contributed by atoms with Gasteiger partial charge in [-0.2, -0.15) is 0 Å². The smallest absolute Gasteiger partial charge is 0.200 e. The summed E-state index contributed by atoms with van der Waals surface area (Å²) in [5, 5.41) is 70.5. The number of rotatable bonds is 13. The van der Waals surface area contributed by atoms with Gasteiger partial charge < -0.3 is 55.9 Å². The minimum absolute atomic E-state index is 0.0147. The number of H-pyrrole nitrogens is 1. The number of aromatic nitrogens is 1. The first kappa shape index (κ1) is 48.0. The molecule has 12 heteroatoms. The van der Waals surface area contributed by atoms with Gasteiger partial charge in [0.1, 0.15) is 17.4 Å². The molecule has 0 radical (unpaired) electrons. The van der Waals surface area contributed by atoms with Crippen LogP contribution in [0, 0.1) is 29.1 Å². The molecule has 1 spiro atoms. The molecule has 1 fully saturated rings. The lowest BCUT2D eigenvalue weighted by molar-refractivity contribution is -0.134. The van der Waals surface area contributed by atoms with Crippen molar-refractivity contribution in [3.05, 3.63) is 143 Å². The Morgan fingerprint density at radius 2 is 1.87 bits per heavy atom. The number of hydrogen-bond acceptors (Lipinski definition) is 11. The average Bonchev–Trinajstić information content (AvgIpc) is 4.04. The lowest BCUT2D eigenvalue weighted by Crippen LogP contribution is -2.48. The van der Waals surface area contributed by atoms with Crippen molar-refractivity contribution >= 4 is 28.3 Å². The third-order valence-electron chi connectivity index (χ3n) is 16.4. The standard InChI is InChI=1S/C59H68N4O8/c1-35-7-4-8-37(23-35)33-71-52-29-40(27-50(68)57(52)69)41-28-49(67)56(48(66)16-12-36-11-15-47(65)51(24-36)70-3)59(19-5-9-42(59)30-44-10-6-21-61-44)43-18-22-62-53(31-43)63-46-14-13-38-25-45(64)26-39-17-20-58(32-41,34-60-2)55(46)54(38)39/h4,6,8,10-11,13-15,17-18,20-21,24-27,29,31,35,37,41-42,48,56,60-66,68-69H,5,7,9,12,16,19,22-23,28,30,32-34H2,1-3H3. The summed E-state index contributed by atoms with van der Waals surface area (Å²) in [5.74, 6) is -0.0661. The molecule has 5 aliphatic rings. The number of aromatic amines is 1. The van der Waals surface area contributed by atoms with Crippen LogP contribution in [0.1, 0.15) is 92.2 Å². The van der Waals surface area contributed by atoms with Gasteiger partial charge in [0.2, 0.25) is 5.75 Å². The second kappa shape index (κ2) is 19.9. The Balaban J connectivity index is 1.16. The predicted molar refractivity (Wildman–Crippen MR) is 278 cm³/mol. The molecule has 9 N–H and O–H groups in total. The van der Waals surface area contributed by atoms with Crippen LogP contribution in [0.15, 0.2) is 115 Å². The van der Waals surface area contributed by atoms with Gasteiger partial charge in [0.15, 0.2) is 23.0 Å². The Bertz CT molecular complexity index is 2920. The van der Waals surface area contributed by atoms with Crippen LogP contribution in [0.5, 0.6) is 34.5 Å². The number of benzene rings is 4. The number of aliphatic hydroxyl groups is 1. The monoisotopic (exact) mass is 961 g/mol. The van der Waals surface area contributed by atoms with Gasteiger partial charge in [-0.15, -0.1) is 0 Å². The van der Waals surface area contributed by atoms with Gasteiger partial charge in [0.05, 0.1) is 25.7 Å². The zero-order chi connectivity index (χ0) is 49.4. The van der Waals surface area contributed by atoms with Crippen LogP contribution < -0.4 is 25.4 Å². The second-order valence-electron chi connectivity index (χ2n) is 21.0. The Labute approximate surface area is 416 Å². The summed E-state index contributed by atoms with van der Waals surface area (Å²) in [6, 6.07) is 20.4. The molecule has 0 amide bonds. The van der Waals surface area contributed by atoms with Crippen molar-refractivity contribution in [1.29, 1.82) is 0 Å². The van der Waals surface area contributed by atoms with E-state index in [0.717, 1.165) is 75.9 Å². The number of phenolic OH excluding ortho intramolecular Hbond substituents is 4. The summed E-state index contributed by atoms with van der Waals surface area (Å²) in [4.78, 5) is 19.9. The lowest BCUT2D eigenvalue weighted by Gasteiger charge is -2.46. The summed E-state index contributed by atoms with van der Waals surface area (Å²) in [7, 11) is 3.44. The van der Waals surface area contributed by atoms with Crippen LogP contribution in [0.4, 0.5) is 5.69 Å². The summed E-state index contributed by atoms with van der Waals surface area (Å²) < 4.78 is 11.9. The van der Waals surface area contributed by atoms with E-state index in [9.17, 15) is 25.5 Å². The fraction of sp³-hybridized carbons (Fsp3) is 0.407. The van der Waals surface area contributed by atoms with Gasteiger partial charge in [-0.1, -0.05) is 55.9 Å². The number of carbonyl (C=O) groups excluding carboxylic acids is 1. The fourth-order valence-electron chi connectivity index (χ4n) is 13.3. The van der Waals surface area contributed by atoms with E-state index in [4.69, 9.17) is 9.47 Å². The van der Waals surface area contributed by atoms with Gasteiger partial charge in [-0.05, 0) is 175 Å². The first-order chi connectivity index (χ1) is 34.4. The van der Waals surface area contributed by atoms with Gasteiger partial charge in [0, 0.05) is 53.8 Å². The van der Waals surface area contributed by atoms with E-state index in [2.05, 4.69) is 76.4 Å². The molecule has 8 unspecified atom stereocenters. The van der Waals surface area contributed by atoms with Crippen molar-refractivity contribution < 1.29 is 39.8 Å². The molecule has 1 saturated carbocycles. The highest BCUT2D eigenvalue weighted by atomic mass is 16.5. The third kappa shape index (κ3) is 9.28. The molecule has 4 aromatic carbocycles. The number of ketones is 1. The normalized spacial score (nSPS) is 26.4. The van der Waals surface area contributed by atoms with Crippen molar-refractivity contribution in [1.82, 2.24) is 15.6 Å². The number of allylic oxidation sites excluding steroid dienone is 3. The van der Waals surface area contributed by atoms with Crippen LogP contribution in [0.25, 0.3) is 16.8 Å². The SMILES string of the molecule is CNCC12C=Cc3cc(O)cc4ccc(c1c34)NC1=CC(=CCN1)C1(CCCC1Cc1ccc[nH]1)C(C(O)CCc1ccc(O)c(OC)c1)C(=O)CC(c1cc(O)c(O)c(OCC3C=CCC(C)C3)c1)C2. The number of carbonyl (C=O) groups is 1. The summed E-state index contributed by atoms with van der Waals surface area (Å²) in [6.45, 7) is 3.52. The molecular formula is C59H68N4O8. The summed E-state index contributed by atoms with van der Waals surface area (Å²) in [6.07, 6.45) is 20.0. The van der Waals surface area contributed by atoms with Gasteiger partial charge in [-0.25, -0.2) is 0 Å². The number of dihydropyridines is 1. The largest absolute Gasteiger partial charge is 0.508 e. The molecule has 71 heavy (non-hydrogen) atoms. The van der Waals surface area contributed by atoms with Crippen molar-refractivity contribution in [3.8, 4) is 34.5 Å². The van der Waals surface area contributed by atoms with Crippen molar-refractivity contribution in [3.63, 3.8) is 0 Å². The molecule has 5 aromatic rings. The molecule has 3 heterocycles. The van der Waals surface area contributed by atoms with Crippen LogP contribution in [-0.4, -0.2) is 76.3 Å². The number of fused-ring (bicyclic) bond motifs is 2. The molecule has 8 atom stereocenters. The lowest BCUT2D eigenvalue weighted by atomic mass is 9.57. The Hall–Kier alpha value is -6.63. The molecule has 2 bridgehead atoms. The van der Waals surface area contributed by atoms with Crippen LogP contribution in [-0.2, 0) is 23.1 Å². The van der Waals surface area contributed by atoms with E-state index in [-0.39, 0.29) is 59.2 Å². The molecule has 3 aliphatic carbocycles. The molecule has 12 nitrogen and oxygen atoms in total. The molecular weight excluding hydrogens is 893 g/mol. The van der Waals surface area contributed by atoms with Crippen molar-refractivity contribution in [2.75, 3.05) is 39.2 Å². The Morgan fingerprint density at radius 1 is 1.00 bits per heavy atom. The minimum atomic E-state index is -1.08. The van der Waals surface area contributed by atoms with Gasteiger partial charge in [0.25, 0.3) is 0 Å². The topological polar surface area (TPSA) is 189 Å². The fourth-order valence-corrected chi connectivity index (χ4v) is 13.3. The van der Waals surface area contributed by atoms with E-state index in [1.807, 2.05) is 31.4 Å². The summed E-state index contributed by atoms with van der Waals surface area (Å²) in [5.41, 5.74) is 4.80. The highest BCUT2D eigenvalue weighted by Crippen LogP contribution is 2.59. The van der Waals surface area contributed by atoms with E-state index >= 15 is 4.79 Å². The van der Waals surface area contributed by atoms with Crippen LogP contribution in [0.2, 0.25) is 0 Å². The Kier molecular flexibility index (Phi) is 13.4. The third-order valence-corrected chi connectivity index (χ3v) is 16.4. The number of nitrogens with one attached hydrogen (secondary N) is 4. The highest BCUT2D eigenvalue weighted by Gasteiger charge is 2.56. The number of aliphatic hydroxyl groups excluding tert-OH is 1. The first-order valence-corrected chi connectivity index (χ1v) is 25.5. The predicted octanol–water partition coefficient (Wildman–Crippen LogP) is 10.0. The number of hydrogen-bond donors (Lipinski definition) is 9. The number of methoxy groups -OCH3 is 1. The first-order valence-electron chi connectivity index (χ1n) is 25.5. The number of anilines is 1. The molecule has 372 valence electrons. The maximum atomic E-state index is 16.4. The quantitative estimate of drug-likeness (QED) is 0.0404. The van der Waals surface area contributed by atoms with Gasteiger partial charge in [-0.3, -0.25) is 4.79 Å². The van der Waals surface area contributed by atoms with Crippen LogP contribution >= 0.6 is 0 Å². The molecule has 2 aliphatic heterocycles. The molecule has 10 rings (SSSR count).